The first-order valence-electron chi connectivity index (χ1n) is 24.5. The minimum atomic E-state index is -0.172. The number of anilines is 6. The van der Waals surface area contributed by atoms with Crippen LogP contribution in [0.5, 0.6) is 0 Å². The van der Waals surface area contributed by atoms with Crippen LogP contribution in [-0.2, 0) is 10.8 Å². The van der Waals surface area contributed by atoms with Gasteiger partial charge >= 0.3 is 0 Å². The van der Waals surface area contributed by atoms with Crippen molar-refractivity contribution < 1.29 is 0 Å². The molecule has 2 heteroatoms. The molecule has 12 rings (SSSR count). The van der Waals surface area contributed by atoms with Crippen LogP contribution in [0.1, 0.15) is 72.2 Å². The van der Waals surface area contributed by atoms with Gasteiger partial charge < -0.3 is 9.80 Å². The van der Waals surface area contributed by atoms with Gasteiger partial charge in [0.05, 0.1) is 5.69 Å². The summed E-state index contributed by atoms with van der Waals surface area (Å²) in [6, 6.07) is 84.1. The highest BCUT2D eigenvalue weighted by atomic mass is 15.1. The minimum Gasteiger partial charge on any atom is -0.310 e. The summed E-state index contributed by atoms with van der Waals surface area (Å²) >= 11 is 0. The van der Waals surface area contributed by atoms with Crippen LogP contribution < -0.4 is 9.80 Å². The monoisotopic (exact) mass is 898 g/mol. The highest BCUT2D eigenvalue weighted by Gasteiger charge is 2.37. The van der Waals surface area contributed by atoms with E-state index < -0.39 is 0 Å². The quantitative estimate of drug-likeness (QED) is 0.126. The van der Waals surface area contributed by atoms with Gasteiger partial charge in [0.25, 0.3) is 0 Å². The fraction of sp³-hybridized carbons (Fsp3) is 0.0882. The molecule has 70 heavy (non-hydrogen) atoms. The lowest BCUT2D eigenvalue weighted by molar-refractivity contribution is 0.660. The molecule has 0 aromatic heterocycles. The molecule has 0 aliphatic heterocycles. The molecule has 0 amide bonds. The van der Waals surface area contributed by atoms with Gasteiger partial charge in [0.2, 0.25) is 0 Å². The first kappa shape index (κ1) is 42.9. The normalized spacial score (nSPS) is 13.8. The standard InChI is InChI=1S/C68H54N2/c1-67(2)62-43-49(35-39-58(62)60-41-37-55(45-64(60)67)69(52-19-8-5-9-20-52)53-21-10-6-11-22-53)33-31-47-27-29-48(30-28-47)32-34-50-36-40-59-61-42-38-56(46-65(61)68(3,4)63(59)44-50)70(54-23-12-7-13-24-54)66-26-16-18-51-17-14-15-25-57(51)66/h5-46H,1-4H3. The van der Waals surface area contributed by atoms with Crippen LogP contribution in [-0.4, -0.2) is 0 Å². The largest absolute Gasteiger partial charge is 0.310 e. The molecule has 0 atom stereocenters. The van der Waals surface area contributed by atoms with E-state index in [4.69, 9.17) is 0 Å². The van der Waals surface area contributed by atoms with Crippen molar-refractivity contribution in [3.63, 3.8) is 0 Å². The Bertz CT molecular complexity index is 3590. The summed E-state index contributed by atoms with van der Waals surface area (Å²) in [4.78, 5) is 4.76. The zero-order chi connectivity index (χ0) is 47.4. The van der Waals surface area contributed by atoms with Gasteiger partial charge in [-0.05, 0) is 139 Å². The number of nitrogens with zero attached hydrogens (tertiary/aromatic N) is 2. The van der Waals surface area contributed by atoms with Crippen LogP contribution in [0.25, 0.3) is 57.3 Å². The second-order valence-electron chi connectivity index (χ2n) is 19.8. The van der Waals surface area contributed by atoms with Crippen molar-refractivity contribution in [1.29, 1.82) is 0 Å². The van der Waals surface area contributed by atoms with E-state index in [-0.39, 0.29) is 10.8 Å². The second-order valence-corrected chi connectivity index (χ2v) is 19.8. The molecule has 0 heterocycles. The van der Waals surface area contributed by atoms with Crippen molar-refractivity contribution >= 4 is 69.2 Å². The van der Waals surface area contributed by atoms with Gasteiger partial charge in [-0.2, -0.15) is 0 Å². The van der Waals surface area contributed by atoms with Crippen molar-refractivity contribution in [2.45, 2.75) is 38.5 Å². The van der Waals surface area contributed by atoms with Crippen molar-refractivity contribution in [3.8, 4) is 22.3 Å². The summed E-state index contributed by atoms with van der Waals surface area (Å²) in [5.74, 6) is 0. The Kier molecular flexibility index (Phi) is 10.6. The number of hydrogen-bond donors (Lipinski definition) is 0. The zero-order valence-electron chi connectivity index (χ0n) is 40.1. The lowest BCUT2D eigenvalue weighted by Gasteiger charge is -2.29. The van der Waals surface area contributed by atoms with E-state index in [1.807, 2.05) is 0 Å². The molecule has 2 aliphatic rings. The Morgan fingerprint density at radius 2 is 0.643 bits per heavy atom. The second kappa shape index (κ2) is 17.3. The number of rotatable bonds is 10. The number of hydrogen-bond acceptors (Lipinski definition) is 2. The highest BCUT2D eigenvalue weighted by Crippen LogP contribution is 2.53. The molecule has 0 radical (unpaired) electrons. The van der Waals surface area contributed by atoms with Crippen LogP contribution in [0.15, 0.2) is 231 Å². The molecule has 2 nitrogen and oxygen atoms in total. The lowest BCUT2D eigenvalue weighted by Crippen LogP contribution is -2.16. The fourth-order valence-corrected chi connectivity index (χ4v) is 11.1. The summed E-state index contributed by atoms with van der Waals surface area (Å²) in [7, 11) is 0. The van der Waals surface area contributed by atoms with E-state index in [2.05, 4.69) is 292 Å². The Labute approximate surface area is 412 Å². The average Bonchev–Trinajstić information content (AvgIpc) is 3.76. The Hall–Kier alpha value is -8.46. The van der Waals surface area contributed by atoms with Gasteiger partial charge in [-0.3, -0.25) is 0 Å². The van der Waals surface area contributed by atoms with Gasteiger partial charge in [0.15, 0.2) is 0 Å². The molecule has 0 spiro atoms. The van der Waals surface area contributed by atoms with E-state index in [1.54, 1.807) is 0 Å². The number of benzene rings is 10. The van der Waals surface area contributed by atoms with Crippen LogP contribution >= 0.6 is 0 Å². The molecule has 0 bridgehead atoms. The molecule has 0 saturated heterocycles. The van der Waals surface area contributed by atoms with E-state index >= 15 is 0 Å². The van der Waals surface area contributed by atoms with Crippen molar-refractivity contribution in [1.82, 2.24) is 0 Å². The Morgan fingerprint density at radius 1 is 0.286 bits per heavy atom. The molecule has 0 N–H and O–H groups in total. The van der Waals surface area contributed by atoms with Crippen molar-refractivity contribution in [2.75, 3.05) is 9.80 Å². The van der Waals surface area contributed by atoms with Gasteiger partial charge in [0.1, 0.15) is 0 Å². The van der Waals surface area contributed by atoms with Gasteiger partial charge in [-0.1, -0.05) is 216 Å². The van der Waals surface area contributed by atoms with Gasteiger partial charge in [-0.15, -0.1) is 0 Å². The number of para-hydroxylation sites is 3. The summed E-state index contributed by atoms with van der Waals surface area (Å²) in [5.41, 5.74) is 22.1. The Morgan fingerprint density at radius 3 is 1.13 bits per heavy atom. The molecular weight excluding hydrogens is 845 g/mol. The van der Waals surface area contributed by atoms with Crippen LogP contribution in [0, 0.1) is 0 Å². The lowest BCUT2D eigenvalue weighted by atomic mass is 9.81. The third-order valence-electron chi connectivity index (χ3n) is 14.8. The summed E-state index contributed by atoms with van der Waals surface area (Å²) in [6.07, 6.45) is 8.96. The third kappa shape index (κ3) is 7.54. The average molecular weight is 899 g/mol. The minimum absolute atomic E-state index is 0.150. The predicted octanol–water partition coefficient (Wildman–Crippen LogP) is 18.7. The molecule has 10 aromatic carbocycles. The maximum absolute atomic E-state index is 2.42. The molecule has 0 saturated carbocycles. The first-order chi connectivity index (χ1) is 34.2. The van der Waals surface area contributed by atoms with E-state index in [0.29, 0.717) is 0 Å². The highest BCUT2D eigenvalue weighted by molar-refractivity contribution is 5.99. The zero-order valence-corrected chi connectivity index (χ0v) is 40.1. The van der Waals surface area contributed by atoms with Crippen molar-refractivity contribution in [2.24, 2.45) is 0 Å². The maximum atomic E-state index is 2.42. The fourth-order valence-electron chi connectivity index (χ4n) is 11.1. The molecule has 0 unspecified atom stereocenters. The maximum Gasteiger partial charge on any atom is 0.0540 e. The van der Waals surface area contributed by atoms with Crippen LogP contribution in [0.4, 0.5) is 34.1 Å². The van der Waals surface area contributed by atoms with E-state index in [1.165, 1.54) is 83.2 Å². The summed E-state index contributed by atoms with van der Waals surface area (Å²) < 4.78 is 0. The van der Waals surface area contributed by atoms with Crippen LogP contribution in [0.3, 0.4) is 0 Å². The van der Waals surface area contributed by atoms with Gasteiger partial charge in [0, 0.05) is 44.7 Å². The summed E-state index contributed by atoms with van der Waals surface area (Å²) in [5, 5.41) is 2.46. The molecule has 2 aliphatic carbocycles. The topological polar surface area (TPSA) is 6.48 Å². The SMILES string of the molecule is CC1(C)c2cc(C=Cc3ccc(C=Cc4ccc5c(c4)C(C)(C)c4cc(N(c6ccccc6)c6cccc7ccccc67)ccc4-5)cc3)ccc2-c2ccc(N(c3ccccc3)c3ccccc3)cc21. The number of fused-ring (bicyclic) bond motifs is 7. The smallest absolute Gasteiger partial charge is 0.0540 e. The van der Waals surface area contributed by atoms with Gasteiger partial charge in [-0.25, -0.2) is 0 Å². The molecule has 336 valence electrons. The summed E-state index contributed by atoms with van der Waals surface area (Å²) in [6.45, 7) is 9.47. The van der Waals surface area contributed by atoms with Crippen LogP contribution in [0.2, 0.25) is 0 Å². The molecule has 10 aromatic rings. The Balaban J connectivity index is 0.761. The molecule has 0 fully saturated rings. The molecular formula is C68H54N2. The van der Waals surface area contributed by atoms with E-state index in [0.717, 1.165) is 28.4 Å². The first-order valence-corrected chi connectivity index (χ1v) is 24.5. The predicted molar refractivity (Wildman–Crippen MR) is 299 cm³/mol. The third-order valence-corrected chi connectivity index (χ3v) is 14.8. The van der Waals surface area contributed by atoms with Crippen molar-refractivity contribution in [3.05, 3.63) is 275 Å². The van der Waals surface area contributed by atoms with E-state index in [9.17, 15) is 0 Å².